The first kappa shape index (κ1) is 13.9. The summed E-state index contributed by atoms with van der Waals surface area (Å²) in [6.45, 7) is 2.41. The molecule has 0 aliphatic heterocycles. The van der Waals surface area contributed by atoms with Crippen molar-refractivity contribution in [2.24, 2.45) is 0 Å². The third-order valence-electron chi connectivity index (χ3n) is 2.00. The SMILES string of the molecule is CCNS(=O)(=O)CCCOc1ccc(F)cc1. The average Bonchev–Trinajstić information content (AvgIpc) is 2.27. The van der Waals surface area contributed by atoms with Crippen LogP contribution in [0.15, 0.2) is 24.3 Å². The summed E-state index contributed by atoms with van der Waals surface area (Å²) in [4.78, 5) is 0. The van der Waals surface area contributed by atoms with Gasteiger partial charge in [-0.15, -0.1) is 0 Å². The van der Waals surface area contributed by atoms with Gasteiger partial charge >= 0.3 is 0 Å². The van der Waals surface area contributed by atoms with Crippen LogP contribution < -0.4 is 9.46 Å². The van der Waals surface area contributed by atoms with Gasteiger partial charge in [0.25, 0.3) is 0 Å². The number of hydrogen-bond donors (Lipinski definition) is 1. The molecule has 0 radical (unpaired) electrons. The van der Waals surface area contributed by atoms with Crippen molar-refractivity contribution in [3.05, 3.63) is 30.1 Å². The fourth-order valence-corrected chi connectivity index (χ4v) is 2.34. The maximum atomic E-state index is 12.6. The summed E-state index contributed by atoms with van der Waals surface area (Å²) >= 11 is 0. The van der Waals surface area contributed by atoms with Crippen molar-refractivity contribution in [1.82, 2.24) is 4.72 Å². The highest BCUT2D eigenvalue weighted by Gasteiger charge is 2.07. The zero-order valence-corrected chi connectivity index (χ0v) is 10.5. The molecule has 1 aromatic carbocycles. The van der Waals surface area contributed by atoms with Crippen LogP contribution in [0, 0.1) is 5.82 Å². The van der Waals surface area contributed by atoms with E-state index in [9.17, 15) is 12.8 Å². The number of rotatable bonds is 7. The van der Waals surface area contributed by atoms with Gasteiger partial charge in [-0.1, -0.05) is 6.92 Å². The van der Waals surface area contributed by atoms with Crippen molar-refractivity contribution >= 4 is 10.0 Å². The molecule has 0 saturated carbocycles. The molecular formula is C11H16FNO3S. The molecule has 0 atom stereocenters. The summed E-state index contributed by atoms with van der Waals surface area (Å²) in [5, 5.41) is 0. The molecule has 6 heteroatoms. The second-order valence-corrected chi connectivity index (χ2v) is 5.40. The molecule has 4 nitrogen and oxygen atoms in total. The van der Waals surface area contributed by atoms with E-state index in [-0.39, 0.29) is 18.2 Å². The summed E-state index contributed by atoms with van der Waals surface area (Å²) in [6.07, 6.45) is 0.396. The number of benzene rings is 1. The summed E-state index contributed by atoms with van der Waals surface area (Å²) < 4.78 is 42.8. The lowest BCUT2D eigenvalue weighted by molar-refractivity contribution is 0.317. The first-order valence-corrected chi connectivity index (χ1v) is 7.04. The molecule has 0 amide bonds. The predicted molar refractivity (Wildman–Crippen MR) is 64.0 cm³/mol. The van der Waals surface area contributed by atoms with Crippen LogP contribution in [0.5, 0.6) is 5.75 Å². The molecule has 1 N–H and O–H groups in total. The van der Waals surface area contributed by atoms with E-state index in [1.54, 1.807) is 6.92 Å². The van der Waals surface area contributed by atoms with Gasteiger partial charge in [0.05, 0.1) is 12.4 Å². The molecule has 0 spiro atoms. The Morgan fingerprint density at radius 1 is 1.29 bits per heavy atom. The first-order chi connectivity index (χ1) is 8.03. The maximum absolute atomic E-state index is 12.6. The second-order valence-electron chi connectivity index (χ2n) is 3.47. The predicted octanol–water partition coefficient (Wildman–Crippen LogP) is 1.53. The van der Waals surface area contributed by atoms with Crippen LogP contribution in [0.25, 0.3) is 0 Å². The summed E-state index contributed by atoms with van der Waals surface area (Å²) in [5.74, 6) is 0.238. The molecule has 1 aromatic rings. The number of nitrogens with one attached hydrogen (secondary N) is 1. The van der Waals surface area contributed by atoms with Gasteiger partial charge < -0.3 is 4.74 Å². The van der Waals surface area contributed by atoms with E-state index < -0.39 is 10.0 Å². The standard InChI is InChI=1S/C11H16FNO3S/c1-2-13-17(14,15)9-3-8-16-11-6-4-10(12)5-7-11/h4-7,13H,2-3,8-9H2,1H3. The normalized spacial score (nSPS) is 11.4. The molecule has 0 aromatic heterocycles. The number of halogens is 1. The molecule has 1 rings (SSSR count). The molecule has 0 saturated heterocycles. The van der Waals surface area contributed by atoms with Crippen molar-refractivity contribution in [2.75, 3.05) is 18.9 Å². The Bertz CT molecular complexity index is 431. The Balaban J connectivity index is 2.27. The van der Waals surface area contributed by atoms with Crippen molar-refractivity contribution in [3.63, 3.8) is 0 Å². The highest BCUT2D eigenvalue weighted by Crippen LogP contribution is 2.11. The zero-order chi connectivity index (χ0) is 12.7. The third kappa shape index (κ3) is 5.65. The van der Waals surface area contributed by atoms with E-state index in [4.69, 9.17) is 4.74 Å². The molecule has 0 aliphatic rings. The lowest BCUT2D eigenvalue weighted by Gasteiger charge is -2.06. The number of ether oxygens (including phenoxy) is 1. The molecule has 0 heterocycles. The fraction of sp³-hybridized carbons (Fsp3) is 0.455. The number of hydrogen-bond acceptors (Lipinski definition) is 3. The highest BCUT2D eigenvalue weighted by molar-refractivity contribution is 7.89. The Labute approximate surface area is 101 Å². The van der Waals surface area contributed by atoms with Crippen molar-refractivity contribution < 1.29 is 17.5 Å². The van der Waals surface area contributed by atoms with Gasteiger partial charge in [-0.05, 0) is 30.7 Å². The fourth-order valence-electron chi connectivity index (χ4n) is 1.26. The lowest BCUT2D eigenvalue weighted by atomic mass is 10.3. The third-order valence-corrected chi connectivity index (χ3v) is 3.56. The first-order valence-electron chi connectivity index (χ1n) is 5.39. The van der Waals surface area contributed by atoms with Crippen molar-refractivity contribution in [1.29, 1.82) is 0 Å². The summed E-state index contributed by atoms with van der Waals surface area (Å²) in [6, 6.07) is 5.61. The Kier molecular flexibility index (Phi) is 5.37. The summed E-state index contributed by atoms with van der Waals surface area (Å²) in [5.41, 5.74) is 0. The van der Waals surface area contributed by atoms with Crippen LogP contribution in [0.4, 0.5) is 4.39 Å². The molecule has 96 valence electrons. The van der Waals surface area contributed by atoms with Gasteiger partial charge in [0, 0.05) is 6.54 Å². The van der Waals surface area contributed by atoms with Gasteiger partial charge in [-0.3, -0.25) is 0 Å². The van der Waals surface area contributed by atoms with Crippen LogP contribution in [0.1, 0.15) is 13.3 Å². The van der Waals surface area contributed by atoms with E-state index >= 15 is 0 Å². The average molecular weight is 261 g/mol. The zero-order valence-electron chi connectivity index (χ0n) is 9.65. The Morgan fingerprint density at radius 3 is 2.53 bits per heavy atom. The Hall–Kier alpha value is -1.14. The monoisotopic (exact) mass is 261 g/mol. The van der Waals surface area contributed by atoms with Gasteiger partial charge in [0.1, 0.15) is 11.6 Å². The van der Waals surface area contributed by atoms with Crippen LogP contribution in [-0.4, -0.2) is 27.3 Å². The van der Waals surface area contributed by atoms with E-state index in [0.29, 0.717) is 18.7 Å². The topological polar surface area (TPSA) is 55.4 Å². The van der Waals surface area contributed by atoms with E-state index in [1.165, 1.54) is 24.3 Å². The van der Waals surface area contributed by atoms with Crippen LogP contribution >= 0.6 is 0 Å². The van der Waals surface area contributed by atoms with Gasteiger partial charge in [-0.25, -0.2) is 17.5 Å². The molecule has 0 fully saturated rings. The molecule has 0 bridgehead atoms. The van der Waals surface area contributed by atoms with Gasteiger partial charge in [-0.2, -0.15) is 0 Å². The van der Waals surface area contributed by atoms with Gasteiger partial charge in [0.15, 0.2) is 0 Å². The van der Waals surface area contributed by atoms with Gasteiger partial charge in [0.2, 0.25) is 10.0 Å². The molecule has 17 heavy (non-hydrogen) atoms. The lowest BCUT2D eigenvalue weighted by Crippen LogP contribution is -2.26. The van der Waals surface area contributed by atoms with Crippen LogP contribution in [0.2, 0.25) is 0 Å². The van der Waals surface area contributed by atoms with Crippen LogP contribution in [-0.2, 0) is 10.0 Å². The van der Waals surface area contributed by atoms with Crippen molar-refractivity contribution in [2.45, 2.75) is 13.3 Å². The Morgan fingerprint density at radius 2 is 1.94 bits per heavy atom. The minimum absolute atomic E-state index is 0.0298. The molecular weight excluding hydrogens is 245 g/mol. The molecule has 0 aliphatic carbocycles. The van der Waals surface area contributed by atoms with Crippen LogP contribution in [0.3, 0.4) is 0 Å². The minimum atomic E-state index is -3.18. The number of sulfonamides is 1. The van der Waals surface area contributed by atoms with E-state index in [2.05, 4.69) is 4.72 Å². The second kappa shape index (κ2) is 6.56. The summed E-state index contributed by atoms with van der Waals surface area (Å²) in [7, 11) is -3.18. The largest absolute Gasteiger partial charge is 0.494 e. The van der Waals surface area contributed by atoms with E-state index in [1.807, 2.05) is 0 Å². The maximum Gasteiger partial charge on any atom is 0.211 e. The quantitative estimate of drug-likeness (QED) is 0.757. The molecule has 0 unspecified atom stereocenters. The smallest absolute Gasteiger partial charge is 0.211 e. The highest BCUT2D eigenvalue weighted by atomic mass is 32.2. The van der Waals surface area contributed by atoms with Crippen molar-refractivity contribution in [3.8, 4) is 5.75 Å². The van der Waals surface area contributed by atoms with E-state index in [0.717, 1.165) is 0 Å². The minimum Gasteiger partial charge on any atom is -0.494 e.